The smallest absolute Gasteiger partial charge is 0.262 e. The molecule has 1 rings (SSSR count). The summed E-state index contributed by atoms with van der Waals surface area (Å²) >= 11 is 6.67. The molecule has 1 aromatic rings. The second kappa shape index (κ2) is 4.37. The minimum absolute atomic E-state index is 0.152. The van der Waals surface area contributed by atoms with E-state index in [1.165, 1.54) is 0 Å². The first-order valence-electron chi connectivity index (χ1n) is 3.80. The summed E-state index contributed by atoms with van der Waals surface area (Å²) in [6.07, 6.45) is 0. The number of nitrogens with zero attached hydrogens (tertiary/aromatic N) is 1. The molecule has 0 saturated heterocycles. The van der Waals surface area contributed by atoms with Crippen molar-refractivity contribution in [1.82, 2.24) is 4.98 Å². The quantitative estimate of drug-likeness (QED) is 0.852. The highest BCUT2D eigenvalue weighted by Gasteiger charge is 2.21. The predicted molar refractivity (Wildman–Crippen MR) is 52.2 cm³/mol. The number of hydrogen-bond acceptors (Lipinski definition) is 4. The van der Waals surface area contributed by atoms with Gasteiger partial charge in [0.05, 0.1) is 18.0 Å². The number of aliphatic hydroxyl groups excluding tert-OH is 1. The molecule has 0 radical (unpaired) electrons. The first-order valence-corrected chi connectivity index (χ1v) is 4.99. The number of thiazole rings is 1. The Labute approximate surface area is 88.7 Å². The van der Waals surface area contributed by atoms with Crippen molar-refractivity contribution in [3.63, 3.8) is 0 Å². The number of rotatable bonds is 4. The highest BCUT2D eigenvalue weighted by Crippen LogP contribution is 2.27. The molecule has 0 amide bonds. The molecule has 0 aromatic carbocycles. The lowest BCUT2D eigenvalue weighted by Gasteiger charge is -2.09. The minimum atomic E-state index is -2.79. The molecule has 0 spiro atoms. The van der Waals surface area contributed by atoms with E-state index in [9.17, 15) is 8.78 Å². The number of halogens is 3. The zero-order valence-electron chi connectivity index (χ0n) is 7.35. The summed E-state index contributed by atoms with van der Waals surface area (Å²) in [7, 11) is 0. The van der Waals surface area contributed by atoms with E-state index in [-0.39, 0.29) is 11.8 Å². The van der Waals surface area contributed by atoms with Gasteiger partial charge in [-0.25, -0.2) is 13.8 Å². The number of alkyl halides is 2. The maximum Gasteiger partial charge on any atom is 0.262 e. The predicted octanol–water partition coefficient (Wildman–Crippen LogP) is 2.36. The Morgan fingerprint density at radius 1 is 1.64 bits per heavy atom. The molecule has 0 bridgehead atoms. The summed E-state index contributed by atoms with van der Waals surface area (Å²) < 4.78 is 24.9. The molecule has 3 nitrogen and oxygen atoms in total. The molecule has 14 heavy (non-hydrogen) atoms. The van der Waals surface area contributed by atoms with Gasteiger partial charge in [0, 0.05) is 6.92 Å². The fourth-order valence-corrected chi connectivity index (χ4v) is 1.76. The molecule has 1 aromatic heterocycles. The van der Waals surface area contributed by atoms with Crippen LogP contribution < -0.4 is 5.32 Å². The van der Waals surface area contributed by atoms with Gasteiger partial charge in [-0.1, -0.05) is 22.9 Å². The summed E-state index contributed by atoms with van der Waals surface area (Å²) in [5.74, 6) is -2.79. The van der Waals surface area contributed by atoms with Gasteiger partial charge >= 0.3 is 0 Å². The average molecular weight is 243 g/mol. The van der Waals surface area contributed by atoms with Crippen LogP contribution in [0.25, 0.3) is 0 Å². The van der Waals surface area contributed by atoms with Crippen LogP contribution >= 0.6 is 22.9 Å². The van der Waals surface area contributed by atoms with E-state index in [1.807, 2.05) is 0 Å². The first-order chi connectivity index (χ1) is 6.42. The van der Waals surface area contributed by atoms with Crippen molar-refractivity contribution >= 4 is 28.1 Å². The Hall–Kier alpha value is -0.460. The number of nitrogens with one attached hydrogen (secondary N) is 1. The summed E-state index contributed by atoms with van der Waals surface area (Å²) in [6, 6.07) is 0. The van der Waals surface area contributed by atoms with E-state index in [4.69, 9.17) is 16.7 Å². The molecule has 0 unspecified atom stereocenters. The van der Waals surface area contributed by atoms with Gasteiger partial charge in [0.25, 0.3) is 5.92 Å². The number of aromatic nitrogens is 1. The molecule has 0 aliphatic carbocycles. The topological polar surface area (TPSA) is 45.2 Å². The molecule has 2 N–H and O–H groups in total. The molecular formula is C7H9ClF2N2OS. The molecule has 1 heterocycles. The summed E-state index contributed by atoms with van der Waals surface area (Å²) in [5.41, 5.74) is 0. The minimum Gasteiger partial charge on any atom is -0.391 e. The van der Waals surface area contributed by atoms with Crippen LogP contribution in [0.1, 0.15) is 11.8 Å². The maximum absolute atomic E-state index is 12.4. The number of aliphatic hydroxyl groups is 1. The molecule has 80 valence electrons. The van der Waals surface area contributed by atoms with E-state index in [0.29, 0.717) is 10.0 Å². The van der Waals surface area contributed by atoms with Gasteiger partial charge in [-0.2, -0.15) is 0 Å². The fourth-order valence-electron chi connectivity index (χ4n) is 0.737. The van der Waals surface area contributed by atoms with Crippen molar-refractivity contribution in [1.29, 1.82) is 0 Å². The Morgan fingerprint density at radius 3 is 2.71 bits per heavy atom. The van der Waals surface area contributed by atoms with Crippen molar-refractivity contribution in [3.8, 4) is 0 Å². The van der Waals surface area contributed by atoms with E-state index in [0.717, 1.165) is 18.3 Å². The Kier molecular flexibility index (Phi) is 3.63. The van der Waals surface area contributed by atoms with Gasteiger partial charge in [0.2, 0.25) is 0 Å². The van der Waals surface area contributed by atoms with Gasteiger partial charge < -0.3 is 10.4 Å². The summed E-state index contributed by atoms with van der Waals surface area (Å²) in [4.78, 5) is 4.23. The van der Waals surface area contributed by atoms with Crippen molar-refractivity contribution in [2.45, 2.75) is 19.5 Å². The van der Waals surface area contributed by atoms with Crippen LogP contribution in [0, 0.1) is 0 Å². The monoisotopic (exact) mass is 242 g/mol. The second-order valence-corrected chi connectivity index (χ2v) is 4.26. The third-order valence-corrected chi connectivity index (χ3v) is 2.77. The summed E-state index contributed by atoms with van der Waals surface area (Å²) in [6.45, 7) is 0.0740. The number of hydrogen-bond donors (Lipinski definition) is 2. The van der Waals surface area contributed by atoms with E-state index < -0.39 is 12.5 Å². The van der Waals surface area contributed by atoms with Crippen LogP contribution in [0.15, 0.2) is 0 Å². The zero-order valence-corrected chi connectivity index (χ0v) is 8.92. The first kappa shape index (κ1) is 11.6. The van der Waals surface area contributed by atoms with Crippen LogP contribution in [0.5, 0.6) is 0 Å². The largest absolute Gasteiger partial charge is 0.391 e. The zero-order chi connectivity index (χ0) is 10.8. The van der Waals surface area contributed by atoms with Crippen LogP contribution in [0.2, 0.25) is 5.15 Å². The van der Waals surface area contributed by atoms with E-state index in [1.54, 1.807) is 0 Å². The van der Waals surface area contributed by atoms with Crippen molar-refractivity contribution < 1.29 is 13.9 Å². The Bertz CT molecular complexity index is 313. The van der Waals surface area contributed by atoms with Crippen LogP contribution in [-0.2, 0) is 6.61 Å². The lowest BCUT2D eigenvalue weighted by atomic mass is 10.4. The fraction of sp³-hybridized carbons (Fsp3) is 0.571. The summed E-state index contributed by atoms with van der Waals surface area (Å²) in [5, 5.41) is 11.7. The van der Waals surface area contributed by atoms with Gasteiger partial charge in [0.15, 0.2) is 5.13 Å². The highest BCUT2D eigenvalue weighted by atomic mass is 35.5. The lowest BCUT2D eigenvalue weighted by Crippen LogP contribution is -2.22. The van der Waals surface area contributed by atoms with Crippen LogP contribution in [0.3, 0.4) is 0 Å². The third kappa shape index (κ3) is 3.36. The molecule has 0 fully saturated rings. The van der Waals surface area contributed by atoms with Gasteiger partial charge in [-0.05, 0) is 0 Å². The number of anilines is 1. The standard InChI is InChI=1S/C7H9ClF2N2OS/c1-7(9,10)3-11-6-12-5(8)4(2-13)14-6/h13H,2-3H2,1H3,(H,11,12). The second-order valence-electron chi connectivity index (χ2n) is 2.81. The third-order valence-electron chi connectivity index (χ3n) is 1.34. The Morgan fingerprint density at radius 2 is 2.29 bits per heavy atom. The van der Waals surface area contributed by atoms with Crippen molar-refractivity contribution in [2.24, 2.45) is 0 Å². The average Bonchev–Trinajstić information content (AvgIpc) is 2.42. The van der Waals surface area contributed by atoms with Gasteiger partial charge in [-0.3, -0.25) is 0 Å². The maximum atomic E-state index is 12.4. The van der Waals surface area contributed by atoms with E-state index in [2.05, 4.69) is 10.3 Å². The molecule has 0 aliphatic heterocycles. The molecule has 7 heteroatoms. The highest BCUT2D eigenvalue weighted by molar-refractivity contribution is 7.16. The van der Waals surface area contributed by atoms with Gasteiger partial charge in [-0.15, -0.1) is 0 Å². The molecular weight excluding hydrogens is 234 g/mol. The SMILES string of the molecule is CC(F)(F)CNc1nc(Cl)c(CO)s1. The molecule has 0 atom stereocenters. The molecule has 0 saturated carbocycles. The van der Waals surface area contributed by atoms with E-state index >= 15 is 0 Å². The van der Waals surface area contributed by atoms with Crippen molar-refractivity contribution in [3.05, 3.63) is 10.0 Å². The normalized spacial score (nSPS) is 11.8. The molecule has 0 aliphatic rings. The van der Waals surface area contributed by atoms with Crippen LogP contribution in [-0.4, -0.2) is 22.6 Å². The lowest BCUT2D eigenvalue weighted by molar-refractivity contribution is 0.0368. The Balaban J connectivity index is 2.60. The van der Waals surface area contributed by atoms with Crippen LogP contribution in [0.4, 0.5) is 13.9 Å². The van der Waals surface area contributed by atoms with Gasteiger partial charge in [0.1, 0.15) is 5.15 Å². The van der Waals surface area contributed by atoms with Crippen molar-refractivity contribution in [2.75, 3.05) is 11.9 Å².